The van der Waals surface area contributed by atoms with Crippen LogP contribution in [0.5, 0.6) is 0 Å². The molecule has 1 aromatic carbocycles. The van der Waals surface area contributed by atoms with Crippen LogP contribution in [0.1, 0.15) is 15.9 Å². The van der Waals surface area contributed by atoms with Crippen molar-refractivity contribution in [2.75, 3.05) is 0 Å². The number of fused-ring (bicyclic) bond motifs is 1. The molecule has 0 saturated carbocycles. The van der Waals surface area contributed by atoms with Crippen molar-refractivity contribution in [2.24, 2.45) is 0 Å². The van der Waals surface area contributed by atoms with E-state index in [1.807, 2.05) is 0 Å². The van der Waals surface area contributed by atoms with Gasteiger partial charge in [-0.15, -0.1) is 11.3 Å². The maximum Gasteiger partial charge on any atom is 0.335 e. The molecular weight excluding hydrogens is 203 g/mol. The monoisotopic (exact) mass is 210 g/mol. The number of rotatable bonds is 1. The Morgan fingerprint density at radius 3 is 2.79 bits per heavy atom. The van der Waals surface area contributed by atoms with E-state index in [9.17, 15) is 9.18 Å². The number of benzene rings is 1. The fourth-order valence-electron chi connectivity index (χ4n) is 1.41. The SMILES string of the molecule is Cc1cc(C(=O)O)cc2sc(F)cc12. The van der Waals surface area contributed by atoms with Crippen LogP contribution in [0.2, 0.25) is 0 Å². The van der Waals surface area contributed by atoms with E-state index in [0.29, 0.717) is 4.70 Å². The smallest absolute Gasteiger partial charge is 0.335 e. The molecule has 1 heterocycles. The molecule has 2 aromatic rings. The van der Waals surface area contributed by atoms with Crippen molar-refractivity contribution in [3.05, 3.63) is 34.5 Å². The summed E-state index contributed by atoms with van der Waals surface area (Å²) in [6.45, 7) is 1.78. The second kappa shape index (κ2) is 3.06. The largest absolute Gasteiger partial charge is 0.478 e. The summed E-state index contributed by atoms with van der Waals surface area (Å²) in [5, 5.41) is 9.29. The van der Waals surface area contributed by atoms with E-state index in [4.69, 9.17) is 5.11 Å². The fourth-order valence-corrected chi connectivity index (χ4v) is 2.31. The normalized spacial score (nSPS) is 10.7. The number of thiophene rings is 1. The minimum absolute atomic E-state index is 0.205. The van der Waals surface area contributed by atoms with Gasteiger partial charge in [0.2, 0.25) is 0 Å². The number of carboxylic acid groups (broad SMARTS) is 1. The van der Waals surface area contributed by atoms with E-state index >= 15 is 0 Å². The Kier molecular flexibility index (Phi) is 2.00. The van der Waals surface area contributed by atoms with E-state index in [1.54, 1.807) is 13.0 Å². The lowest BCUT2D eigenvalue weighted by molar-refractivity contribution is 0.0697. The van der Waals surface area contributed by atoms with Crippen molar-refractivity contribution < 1.29 is 14.3 Å². The summed E-state index contributed by atoms with van der Waals surface area (Å²) in [5.74, 6) is -0.983. The van der Waals surface area contributed by atoms with Crippen molar-refractivity contribution in [2.45, 2.75) is 6.92 Å². The van der Waals surface area contributed by atoms with Gasteiger partial charge in [0.15, 0.2) is 5.13 Å². The van der Waals surface area contributed by atoms with Crippen LogP contribution in [0.3, 0.4) is 0 Å². The topological polar surface area (TPSA) is 37.3 Å². The maximum absolute atomic E-state index is 12.9. The molecule has 0 radical (unpaired) electrons. The van der Waals surface area contributed by atoms with Gasteiger partial charge in [-0.3, -0.25) is 0 Å². The van der Waals surface area contributed by atoms with Crippen LogP contribution in [0, 0.1) is 12.1 Å². The Morgan fingerprint density at radius 2 is 2.14 bits per heavy atom. The molecule has 2 nitrogen and oxygen atoms in total. The van der Waals surface area contributed by atoms with Crippen LogP contribution in [0.15, 0.2) is 18.2 Å². The quantitative estimate of drug-likeness (QED) is 0.785. The average Bonchev–Trinajstić information content (AvgIpc) is 2.45. The average molecular weight is 210 g/mol. The van der Waals surface area contributed by atoms with E-state index in [2.05, 4.69) is 0 Å². The van der Waals surface area contributed by atoms with Crippen molar-refractivity contribution >= 4 is 27.4 Å². The number of halogens is 1. The second-order valence-corrected chi connectivity index (χ2v) is 4.09. The Labute approximate surface area is 83.6 Å². The molecule has 0 bridgehead atoms. The summed E-state index contributed by atoms with van der Waals surface area (Å²) in [7, 11) is 0. The molecule has 1 N–H and O–H groups in total. The summed E-state index contributed by atoms with van der Waals surface area (Å²) in [6.07, 6.45) is 0. The summed E-state index contributed by atoms with van der Waals surface area (Å²) >= 11 is 0.968. The molecule has 4 heteroatoms. The van der Waals surface area contributed by atoms with Crippen molar-refractivity contribution in [3.8, 4) is 0 Å². The number of aryl methyl sites for hydroxylation is 1. The highest BCUT2D eigenvalue weighted by Gasteiger charge is 2.09. The first-order valence-electron chi connectivity index (χ1n) is 4.01. The first-order valence-corrected chi connectivity index (χ1v) is 4.82. The third-order valence-corrected chi connectivity index (χ3v) is 2.93. The molecule has 0 spiro atoms. The van der Waals surface area contributed by atoms with Gasteiger partial charge in [-0.2, -0.15) is 4.39 Å². The third-order valence-electron chi connectivity index (χ3n) is 2.06. The Morgan fingerprint density at radius 1 is 1.43 bits per heavy atom. The first kappa shape index (κ1) is 9.15. The molecule has 0 aliphatic rings. The zero-order valence-electron chi connectivity index (χ0n) is 7.37. The molecule has 1 aromatic heterocycles. The van der Waals surface area contributed by atoms with E-state index in [-0.39, 0.29) is 10.7 Å². The maximum atomic E-state index is 12.9. The standard InChI is InChI=1S/C10H7FO2S/c1-5-2-6(10(12)13)3-8-7(5)4-9(11)14-8/h2-4H,1H3,(H,12,13). The number of carboxylic acids is 1. The molecule has 0 amide bonds. The lowest BCUT2D eigenvalue weighted by Gasteiger charge is -1.98. The molecule has 0 atom stereocenters. The predicted molar refractivity (Wildman–Crippen MR) is 53.5 cm³/mol. The zero-order chi connectivity index (χ0) is 10.3. The molecule has 0 fully saturated rings. The summed E-state index contributed by atoms with van der Waals surface area (Å²) < 4.78 is 13.6. The van der Waals surface area contributed by atoms with Gasteiger partial charge in [0.1, 0.15) is 0 Å². The minimum atomic E-state index is -0.983. The predicted octanol–water partition coefficient (Wildman–Crippen LogP) is 3.05. The number of aromatic carboxylic acids is 1. The second-order valence-electron chi connectivity index (χ2n) is 3.06. The molecule has 0 saturated heterocycles. The molecule has 0 aliphatic heterocycles. The van der Waals surface area contributed by atoms with Gasteiger partial charge in [-0.05, 0) is 36.1 Å². The lowest BCUT2D eigenvalue weighted by Crippen LogP contribution is -1.95. The third kappa shape index (κ3) is 1.37. The van der Waals surface area contributed by atoms with Crippen LogP contribution < -0.4 is 0 Å². The summed E-state index contributed by atoms with van der Waals surface area (Å²) in [6, 6.07) is 4.48. The fraction of sp³-hybridized carbons (Fsp3) is 0.100. The van der Waals surface area contributed by atoms with Gasteiger partial charge in [0, 0.05) is 4.70 Å². The van der Waals surface area contributed by atoms with E-state index in [0.717, 1.165) is 22.3 Å². The highest BCUT2D eigenvalue weighted by molar-refractivity contribution is 7.17. The Bertz CT molecular complexity index is 516. The van der Waals surface area contributed by atoms with Crippen molar-refractivity contribution in [3.63, 3.8) is 0 Å². The molecule has 14 heavy (non-hydrogen) atoms. The number of hydrogen-bond donors (Lipinski definition) is 1. The van der Waals surface area contributed by atoms with Gasteiger partial charge >= 0.3 is 5.97 Å². The van der Waals surface area contributed by atoms with Gasteiger partial charge in [-0.25, -0.2) is 4.79 Å². The minimum Gasteiger partial charge on any atom is -0.478 e. The van der Waals surface area contributed by atoms with Crippen LogP contribution in [0.25, 0.3) is 10.1 Å². The number of carbonyl (C=O) groups is 1. The van der Waals surface area contributed by atoms with Gasteiger partial charge < -0.3 is 5.11 Å². The molecule has 72 valence electrons. The molecule has 0 unspecified atom stereocenters. The van der Waals surface area contributed by atoms with Crippen LogP contribution in [-0.2, 0) is 0 Å². The Hall–Kier alpha value is -1.42. The summed E-state index contributed by atoms with van der Waals surface area (Å²) in [5.41, 5.74) is 0.997. The van der Waals surface area contributed by atoms with Crippen LogP contribution in [-0.4, -0.2) is 11.1 Å². The number of hydrogen-bond acceptors (Lipinski definition) is 2. The van der Waals surface area contributed by atoms with Crippen molar-refractivity contribution in [1.29, 1.82) is 0 Å². The van der Waals surface area contributed by atoms with Gasteiger partial charge in [0.05, 0.1) is 5.56 Å². The lowest BCUT2D eigenvalue weighted by atomic mass is 10.1. The van der Waals surface area contributed by atoms with Crippen LogP contribution in [0.4, 0.5) is 4.39 Å². The summed E-state index contributed by atoms with van der Waals surface area (Å²) in [4.78, 5) is 10.7. The molecular formula is C10H7FO2S. The highest BCUT2D eigenvalue weighted by Crippen LogP contribution is 2.28. The molecule has 0 aliphatic carbocycles. The Balaban J connectivity index is 2.77. The molecule has 2 rings (SSSR count). The van der Waals surface area contributed by atoms with Crippen LogP contribution >= 0.6 is 11.3 Å². The van der Waals surface area contributed by atoms with Crippen molar-refractivity contribution in [1.82, 2.24) is 0 Å². The zero-order valence-corrected chi connectivity index (χ0v) is 8.19. The van der Waals surface area contributed by atoms with Gasteiger partial charge in [0.25, 0.3) is 0 Å². The first-order chi connectivity index (χ1) is 6.58. The van der Waals surface area contributed by atoms with E-state index in [1.165, 1.54) is 12.1 Å². The van der Waals surface area contributed by atoms with Gasteiger partial charge in [-0.1, -0.05) is 0 Å². The highest BCUT2D eigenvalue weighted by atomic mass is 32.1. The van der Waals surface area contributed by atoms with E-state index < -0.39 is 5.97 Å².